The van der Waals surface area contributed by atoms with E-state index in [0.717, 1.165) is 6.42 Å². The molecular weight excluding hydrogens is 142 g/mol. The Morgan fingerprint density at radius 3 is 2.82 bits per heavy atom. The van der Waals surface area contributed by atoms with E-state index in [-0.39, 0.29) is 6.10 Å². The van der Waals surface area contributed by atoms with E-state index in [0.29, 0.717) is 13.0 Å². The lowest BCUT2D eigenvalue weighted by molar-refractivity contribution is -0.138. The van der Waals surface area contributed by atoms with Gasteiger partial charge < -0.3 is 9.47 Å². The second kappa shape index (κ2) is 3.21. The van der Waals surface area contributed by atoms with Gasteiger partial charge in [-0.15, -0.1) is 0 Å². The van der Waals surface area contributed by atoms with Gasteiger partial charge in [0.05, 0.1) is 18.8 Å². The topological polar surface area (TPSA) is 42.2 Å². The molecule has 1 atom stereocenters. The lowest BCUT2D eigenvalue weighted by Gasteiger charge is -2.16. The summed E-state index contributed by atoms with van der Waals surface area (Å²) in [5.74, 6) is -0.444. The van der Waals surface area contributed by atoms with Crippen molar-refractivity contribution in [2.75, 3.05) is 6.61 Å². The second-order valence-corrected chi connectivity index (χ2v) is 3.15. The fraction of sp³-hybridized carbons (Fsp3) is 0.875. The Morgan fingerprint density at radius 1 is 1.64 bits per heavy atom. The van der Waals surface area contributed by atoms with Crippen molar-refractivity contribution in [1.82, 2.24) is 0 Å². The molecule has 1 heterocycles. The summed E-state index contributed by atoms with van der Waals surface area (Å²) in [6.07, 6.45) is 1.44. The predicted molar refractivity (Wildman–Crippen MR) is 39.8 cm³/mol. The fourth-order valence-electron chi connectivity index (χ4n) is 1.13. The van der Waals surface area contributed by atoms with E-state index in [1.54, 1.807) is 0 Å². The molecule has 11 heavy (non-hydrogen) atoms. The monoisotopic (exact) mass is 155 g/mol. The minimum absolute atomic E-state index is 0.115. The number of nitrogens with zero attached hydrogens (tertiary/aromatic N) is 1. The van der Waals surface area contributed by atoms with Crippen LogP contribution in [0.4, 0.5) is 0 Å². The SMILES string of the molecule is CC1(C)OC[C@@H](CCC#N)O1. The Morgan fingerprint density at radius 2 is 2.36 bits per heavy atom. The molecule has 1 aliphatic rings. The highest BCUT2D eigenvalue weighted by Crippen LogP contribution is 2.24. The number of rotatable bonds is 2. The van der Waals surface area contributed by atoms with Gasteiger partial charge in [-0.05, 0) is 20.3 Å². The third kappa shape index (κ3) is 2.49. The van der Waals surface area contributed by atoms with E-state index >= 15 is 0 Å². The van der Waals surface area contributed by atoms with Gasteiger partial charge in [0.1, 0.15) is 0 Å². The molecule has 0 spiro atoms. The normalized spacial score (nSPS) is 28.3. The van der Waals surface area contributed by atoms with Crippen LogP contribution in [0, 0.1) is 11.3 Å². The summed E-state index contributed by atoms with van der Waals surface area (Å²) in [6, 6.07) is 2.09. The minimum atomic E-state index is -0.444. The molecule has 0 aromatic rings. The van der Waals surface area contributed by atoms with Gasteiger partial charge in [0.15, 0.2) is 5.79 Å². The molecule has 3 nitrogen and oxygen atoms in total. The Bertz CT molecular complexity index is 171. The first-order valence-electron chi connectivity index (χ1n) is 3.83. The molecule has 0 saturated carbocycles. The third-order valence-corrected chi connectivity index (χ3v) is 1.65. The van der Waals surface area contributed by atoms with Gasteiger partial charge in [0, 0.05) is 6.42 Å². The number of hydrogen-bond acceptors (Lipinski definition) is 3. The van der Waals surface area contributed by atoms with E-state index in [9.17, 15) is 0 Å². The van der Waals surface area contributed by atoms with Gasteiger partial charge in [-0.25, -0.2) is 0 Å². The van der Waals surface area contributed by atoms with Crippen LogP contribution in [-0.4, -0.2) is 18.5 Å². The van der Waals surface area contributed by atoms with Crippen molar-refractivity contribution in [3.8, 4) is 6.07 Å². The van der Waals surface area contributed by atoms with Crippen molar-refractivity contribution >= 4 is 0 Å². The zero-order valence-corrected chi connectivity index (χ0v) is 6.96. The Kier molecular flexibility index (Phi) is 2.48. The summed E-state index contributed by atoms with van der Waals surface area (Å²) in [5, 5.41) is 8.31. The van der Waals surface area contributed by atoms with Crippen molar-refractivity contribution in [1.29, 1.82) is 5.26 Å². The van der Waals surface area contributed by atoms with Crippen molar-refractivity contribution in [3.05, 3.63) is 0 Å². The second-order valence-electron chi connectivity index (χ2n) is 3.15. The summed E-state index contributed by atoms with van der Waals surface area (Å²) < 4.78 is 10.8. The van der Waals surface area contributed by atoms with Crippen LogP contribution in [-0.2, 0) is 9.47 Å². The van der Waals surface area contributed by atoms with Crippen molar-refractivity contribution < 1.29 is 9.47 Å². The molecule has 1 fully saturated rings. The third-order valence-electron chi connectivity index (χ3n) is 1.65. The molecule has 0 N–H and O–H groups in total. The van der Waals surface area contributed by atoms with Gasteiger partial charge in [0.2, 0.25) is 0 Å². The summed E-state index contributed by atoms with van der Waals surface area (Å²) >= 11 is 0. The van der Waals surface area contributed by atoms with Crippen LogP contribution in [0.2, 0.25) is 0 Å². The number of ether oxygens (including phenoxy) is 2. The van der Waals surface area contributed by atoms with E-state index in [4.69, 9.17) is 14.7 Å². The van der Waals surface area contributed by atoms with Crippen LogP contribution >= 0.6 is 0 Å². The molecular formula is C8H13NO2. The summed E-state index contributed by atoms with van der Waals surface area (Å²) in [4.78, 5) is 0. The van der Waals surface area contributed by atoms with Crippen LogP contribution < -0.4 is 0 Å². The van der Waals surface area contributed by atoms with Gasteiger partial charge in [-0.2, -0.15) is 5.26 Å². The highest BCUT2D eigenvalue weighted by Gasteiger charge is 2.31. The van der Waals surface area contributed by atoms with Crippen molar-refractivity contribution in [2.24, 2.45) is 0 Å². The molecule has 0 aliphatic carbocycles. The first-order valence-corrected chi connectivity index (χ1v) is 3.83. The molecule has 3 heteroatoms. The van der Waals surface area contributed by atoms with Gasteiger partial charge in [-0.1, -0.05) is 0 Å². The quantitative estimate of drug-likeness (QED) is 0.606. The van der Waals surface area contributed by atoms with Crippen LogP contribution in [0.25, 0.3) is 0 Å². The lowest BCUT2D eigenvalue weighted by atomic mass is 10.2. The number of nitriles is 1. The highest BCUT2D eigenvalue weighted by molar-refractivity contribution is 4.76. The zero-order chi connectivity index (χ0) is 8.32. The molecule has 0 unspecified atom stereocenters. The Hall–Kier alpha value is -0.590. The van der Waals surface area contributed by atoms with Gasteiger partial charge in [0.25, 0.3) is 0 Å². The smallest absolute Gasteiger partial charge is 0.163 e. The summed E-state index contributed by atoms with van der Waals surface area (Å²) in [5.41, 5.74) is 0. The first kappa shape index (κ1) is 8.51. The van der Waals surface area contributed by atoms with Gasteiger partial charge >= 0.3 is 0 Å². The highest BCUT2D eigenvalue weighted by atomic mass is 16.7. The molecule has 62 valence electrons. The average molecular weight is 155 g/mol. The standard InChI is InChI=1S/C8H13NO2/c1-8(2)10-6-7(11-8)4-3-5-9/h7H,3-4,6H2,1-2H3/t7-/m1/s1. The van der Waals surface area contributed by atoms with E-state index < -0.39 is 5.79 Å². The number of hydrogen-bond donors (Lipinski definition) is 0. The van der Waals surface area contributed by atoms with Crippen molar-refractivity contribution in [2.45, 2.75) is 38.6 Å². The molecule has 0 aromatic carbocycles. The molecule has 1 aliphatic heterocycles. The largest absolute Gasteiger partial charge is 0.348 e. The fourth-order valence-corrected chi connectivity index (χ4v) is 1.13. The maximum atomic E-state index is 8.31. The Labute approximate surface area is 66.9 Å². The van der Waals surface area contributed by atoms with E-state index in [1.165, 1.54) is 0 Å². The van der Waals surface area contributed by atoms with Crippen LogP contribution in [0.1, 0.15) is 26.7 Å². The van der Waals surface area contributed by atoms with Crippen LogP contribution in [0.15, 0.2) is 0 Å². The van der Waals surface area contributed by atoms with E-state index in [2.05, 4.69) is 6.07 Å². The summed E-state index contributed by atoms with van der Waals surface area (Å²) in [6.45, 7) is 4.40. The van der Waals surface area contributed by atoms with Crippen LogP contribution in [0.5, 0.6) is 0 Å². The van der Waals surface area contributed by atoms with Crippen molar-refractivity contribution in [3.63, 3.8) is 0 Å². The van der Waals surface area contributed by atoms with E-state index in [1.807, 2.05) is 13.8 Å². The zero-order valence-electron chi connectivity index (χ0n) is 6.96. The van der Waals surface area contributed by atoms with Gasteiger partial charge in [-0.3, -0.25) is 0 Å². The lowest BCUT2D eigenvalue weighted by Crippen LogP contribution is -2.21. The molecule has 1 saturated heterocycles. The Balaban J connectivity index is 2.26. The minimum Gasteiger partial charge on any atom is -0.348 e. The predicted octanol–water partition coefficient (Wildman–Crippen LogP) is 1.44. The molecule has 0 bridgehead atoms. The summed E-state index contributed by atoms with van der Waals surface area (Å²) in [7, 11) is 0. The molecule has 0 amide bonds. The molecule has 0 aromatic heterocycles. The molecule has 0 radical (unpaired) electrons. The maximum Gasteiger partial charge on any atom is 0.163 e. The molecule has 1 rings (SSSR count). The van der Waals surface area contributed by atoms with Crippen LogP contribution in [0.3, 0.4) is 0 Å². The first-order chi connectivity index (χ1) is 5.14. The average Bonchev–Trinajstić information content (AvgIpc) is 2.26. The maximum absolute atomic E-state index is 8.31.